The standard InChI is InChI=1S/C39H47BrN6O7S/c1-5-23-17-39(23,37(50)51)45-35(48)28-15-24(18-46(28)36(49)33(22-8-6-7-9-22)44-31(47)14-21-10-11-21)53-30-16-26(27-19-54-38(43-27)41-20(2)3)42-34-25(30)12-13-29(52-4)32(34)40/h5,12-13,16,19-24,28,33H,1,6-11,14-15,17-18H2,2-4H3,(H,41,43)(H,44,47)(H,45,48)(H,50,51)/t23-,24-,28+,33+,39-/m1/s1. The van der Waals surface area contributed by atoms with Gasteiger partial charge in [0.1, 0.15) is 40.9 Å². The number of ether oxygens (including phenoxy) is 2. The molecular formula is C39H47BrN6O7S. The number of fused-ring (bicyclic) bond motifs is 1. The van der Waals surface area contributed by atoms with Crippen molar-refractivity contribution in [2.24, 2.45) is 17.8 Å². The summed E-state index contributed by atoms with van der Waals surface area (Å²) in [4.78, 5) is 65.6. The summed E-state index contributed by atoms with van der Waals surface area (Å²) < 4.78 is 13.0. The first-order valence-electron chi connectivity index (χ1n) is 18.7. The molecule has 54 heavy (non-hydrogen) atoms. The second-order valence-corrected chi connectivity index (χ2v) is 17.0. The molecule has 3 heterocycles. The maximum Gasteiger partial charge on any atom is 0.330 e. The number of thiazole rings is 1. The Kier molecular flexibility index (Phi) is 10.9. The average Bonchev–Trinajstić information content (AvgIpc) is 3.83. The van der Waals surface area contributed by atoms with E-state index in [0.717, 1.165) is 43.7 Å². The number of halogens is 1. The molecule has 5 atom stereocenters. The number of carbonyl (C=O) groups excluding carboxylic acids is 3. The van der Waals surface area contributed by atoms with Crippen LogP contribution in [0.4, 0.5) is 5.13 Å². The monoisotopic (exact) mass is 822 g/mol. The van der Waals surface area contributed by atoms with Crippen molar-refractivity contribution in [2.75, 3.05) is 19.0 Å². The fourth-order valence-electron chi connectivity index (χ4n) is 7.84. The molecule has 4 fully saturated rings. The van der Waals surface area contributed by atoms with E-state index in [-0.39, 0.29) is 43.2 Å². The Morgan fingerprint density at radius 2 is 1.89 bits per heavy atom. The van der Waals surface area contributed by atoms with Crippen LogP contribution in [-0.2, 0) is 19.2 Å². The van der Waals surface area contributed by atoms with Crippen LogP contribution in [0.3, 0.4) is 0 Å². The molecule has 0 spiro atoms. The third kappa shape index (κ3) is 7.79. The van der Waals surface area contributed by atoms with E-state index in [0.29, 0.717) is 50.6 Å². The van der Waals surface area contributed by atoms with E-state index in [1.54, 1.807) is 7.11 Å². The molecular weight excluding hydrogens is 776 g/mol. The lowest BCUT2D eigenvalue weighted by Crippen LogP contribution is -2.57. The summed E-state index contributed by atoms with van der Waals surface area (Å²) in [5, 5.41) is 22.6. The molecule has 0 bridgehead atoms. The molecule has 4 aliphatic rings. The SMILES string of the molecule is C=C[C@@H]1C[C@]1(NC(=O)[C@@H]1C[C@@H](Oc2cc(-c3csc(NC(C)C)n3)nc3c(Br)c(OC)ccc23)CN1C(=O)[C@@H](NC(=O)CC1CC1)C1CCCC1)C(=O)O. The molecule has 3 saturated carbocycles. The molecule has 7 rings (SSSR count). The van der Waals surface area contributed by atoms with Gasteiger partial charge >= 0.3 is 5.97 Å². The molecule has 288 valence electrons. The molecule has 0 radical (unpaired) electrons. The summed E-state index contributed by atoms with van der Waals surface area (Å²) in [6.45, 7) is 7.88. The highest BCUT2D eigenvalue weighted by Crippen LogP contribution is 2.45. The summed E-state index contributed by atoms with van der Waals surface area (Å²) in [6.07, 6.45) is 7.10. The number of aromatic nitrogens is 2. The number of benzene rings is 1. The molecule has 3 amide bonds. The zero-order valence-electron chi connectivity index (χ0n) is 30.7. The third-order valence-corrected chi connectivity index (χ3v) is 12.6. The van der Waals surface area contributed by atoms with E-state index >= 15 is 0 Å². The van der Waals surface area contributed by atoms with E-state index in [2.05, 4.69) is 38.5 Å². The summed E-state index contributed by atoms with van der Waals surface area (Å²) in [5.74, 6) is -1.31. The van der Waals surface area contributed by atoms with E-state index in [9.17, 15) is 24.3 Å². The van der Waals surface area contributed by atoms with Crippen molar-refractivity contribution < 1.29 is 33.8 Å². The molecule has 3 aliphatic carbocycles. The van der Waals surface area contributed by atoms with E-state index < -0.39 is 41.5 Å². The molecule has 3 aromatic rings. The van der Waals surface area contributed by atoms with Crippen LogP contribution in [0.2, 0.25) is 0 Å². The third-order valence-electron chi connectivity index (χ3n) is 11.0. The average molecular weight is 824 g/mol. The van der Waals surface area contributed by atoms with Gasteiger partial charge in [0.15, 0.2) is 5.13 Å². The van der Waals surface area contributed by atoms with Gasteiger partial charge in [-0.1, -0.05) is 18.9 Å². The number of anilines is 1. The number of hydrogen-bond donors (Lipinski definition) is 4. The van der Waals surface area contributed by atoms with Crippen LogP contribution in [0.25, 0.3) is 22.3 Å². The number of aliphatic carboxylic acids is 1. The van der Waals surface area contributed by atoms with Gasteiger partial charge in [0.25, 0.3) is 0 Å². The number of pyridine rings is 1. The van der Waals surface area contributed by atoms with Gasteiger partial charge < -0.3 is 35.4 Å². The van der Waals surface area contributed by atoms with Gasteiger partial charge in [-0.15, -0.1) is 17.9 Å². The summed E-state index contributed by atoms with van der Waals surface area (Å²) in [7, 11) is 1.58. The number of carboxylic acids is 1. The highest BCUT2D eigenvalue weighted by molar-refractivity contribution is 9.10. The topological polar surface area (TPSA) is 172 Å². The minimum Gasteiger partial charge on any atom is -0.495 e. The van der Waals surface area contributed by atoms with Gasteiger partial charge in [-0.25, -0.2) is 14.8 Å². The minimum absolute atomic E-state index is 0.0548. The second-order valence-electron chi connectivity index (χ2n) is 15.4. The largest absolute Gasteiger partial charge is 0.495 e. The lowest BCUT2D eigenvalue weighted by Gasteiger charge is -2.32. The first-order chi connectivity index (χ1) is 25.9. The zero-order chi connectivity index (χ0) is 38.3. The Hall–Kier alpha value is -4.24. The van der Waals surface area contributed by atoms with Gasteiger partial charge in [-0.2, -0.15) is 0 Å². The van der Waals surface area contributed by atoms with Crippen LogP contribution < -0.4 is 25.4 Å². The Morgan fingerprint density at radius 1 is 1.13 bits per heavy atom. The first kappa shape index (κ1) is 38.1. The van der Waals surface area contributed by atoms with Crippen molar-refractivity contribution >= 4 is 67.0 Å². The number of carboxylic acid groups (broad SMARTS) is 1. The highest BCUT2D eigenvalue weighted by atomic mass is 79.9. The summed E-state index contributed by atoms with van der Waals surface area (Å²) in [6, 6.07) is 3.84. The Balaban J connectivity index is 1.22. The van der Waals surface area contributed by atoms with Gasteiger partial charge in [0.05, 0.1) is 29.3 Å². The van der Waals surface area contributed by atoms with Crippen LogP contribution in [0, 0.1) is 17.8 Å². The second kappa shape index (κ2) is 15.5. The molecule has 2 aromatic heterocycles. The predicted molar refractivity (Wildman–Crippen MR) is 208 cm³/mol. The number of amides is 3. The zero-order valence-corrected chi connectivity index (χ0v) is 33.1. The number of hydrogen-bond acceptors (Lipinski definition) is 10. The van der Waals surface area contributed by atoms with Gasteiger partial charge in [-0.05, 0) is 85.9 Å². The van der Waals surface area contributed by atoms with E-state index in [4.69, 9.17) is 19.4 Å². The number of likely N-dealkylation sites (tertiary alicyclic amines) is 1. The molecule has 15 heteroatoms. The molecule has 1 aliphatic heterocycles. The fourth-order valence-corrected chi connectivity index (χ4v) is 9.29. The van der Waals surface area contributed by atoms with Crippen LogP contribution in [0.15, 0.2) is 40.7 Å². The van der Waals surface area contributed by atoms with Crippen molar-refractivity contribution in [1.29, 1.82) is 0 Å². The van der Waals surface area contributed by atoms with Gasteiger partial charge in [-0.3, -0.25) is 14.4 Å². The Bertz CT molecular complexity index is 1960. The number of carbonyl (C=O) groups is 4. The predicted octanol–water partition coefficient (Wildman–Crippen LogP) is 5.92. The minimum atomic E-state index is -1.48. The Morgan fingerprint density at radius 3 is 2.54 bits per heavy atom. The Labute approximate surface area is 326 Å². The lowest BCUT2D eigenvalue weighted by atomic mass is 9.96. The van der Waals surface area contributed by atoms with Crippen molar-refractivity contribution in [1.82, 2.24) is 25.5 Å². The van der Waals surface area contributed by atoms with Crippen molar-refractivity contribution in [3.63, 3.8) is 0 Å². The quantitative estimate of drug-likeness (QED) is 0.135. The maximum atomic E-state index is 14.7. The van der Waals surface area contributed by atoms with Crippen LogP contribution in [-0.4, -0.2) is 87.1 Å². The normalized spacial score (nSPS) is 24.3. The molecule has 13 nitrogen and oxygen atoms in total. The van der Waals surface area contributed by atoms with E-state index in [1.807, 2.05) is 37.4 Å². The number of rotatable bonds is 15. The van der Waals surface area contributed by atoms with Crippen LogP contribution in [0.1, 0.15) is 71.6 Å². The van der Waals surface area contributed by atoms with Gasteiger partial charge in [0, 0.05) is 41.6 Å². The molecule has 1 saturated heterocycles. The summed E-state index contributed by atoms with van der Waals surface area (Å²) >= 11 is 5.13. The van der Waals surface area contributed by atoms with Gasteiger partial charge in [0.2, 0.25) is 17.7 Å². The molecule has 1 aromatic carbocycles. The first-order valence-corrected chi connectivity index (χ1v) is 20.4. The van der Waals surface area contributed by atoms with Crippen molar-refractivity contribution in [3.05, 3.63) is 40.7 Å². The highest BCUT2D eigenvalue weighted by Gasteiger charge is 2.61. The fraction of sp³-hybridized carbons (Fsp3) is 0.538. The van der Waals surface area contributed by atoms with Crippen molar-refractivity contribution in [2.45, 2.75) is 101 Å². The lowest BCUT2D eigenvalue weighted by molar-refractivity contribution is -0.146. The molecule has 4 N–H and O–H groups in total. The van der Waals surface area contributed by atoms with Crippen molar-refractivity contribution in [3.8, 4) is 22.9 Å². The number of nitrogens with one attached hydrogen (secondary N) is 3. The van der Waals surface area contributed by atoms with Crippen LogP contribution in [0.5, 0.6) is 11.5 Å². The maximum absolute atomic E-state index is 14.7. The number of nitrogens with zero attached hydrogens (tertiary/aromatic N) is 3. The smallest absolute Gasteiger partial charge is 0.330 e. The summed E-state index contributed by atoms with van der Waals surface area (Å²) in [5.41, 5.74) is 0.313. The number of methoxy groups -OCH3 is 1. The van der Waals surface area contributed by atoms with Crippen LogP contribution >= 0.6 is 27.3 Å². The molecule has 0 unspecified atom stereocenters. The van der Waals surface area contributed by atoms with E-state index in [1.165, 1.54) is 22.3 Å².